The first kappa shape index (κ1) is 10.1. The minimum absolute atomic E-state index is 0.264. The summed E-state index contributed by atoms with van der Waals surface area (Å²) in [5.41, 5.74) is 0. The maximum absolute atomic E-state index is 3.84. The molecule has 7 heteroatoms. The molecule has 0 amide bonds. The lowest BCUT2D eigenvalue weighted by Gasteiger charge is -2.17. The van der Waals surface area contributed by atoms with E-state index in [4.69, 9.17) is 0 Å². The summed E-state index contributed by atoms with van der Waals surface area (Å²) in [5.74, 6) is 0. The zero-order valence-corrected chi connectivity index (χ0v) is 11.7. The van der Waals surface area contributed by atoms with Crippen LogP contribution < -0.4 is 0 Å². The van der Waals surface area contributed by atoms with E-state index in [0.29, 0.717) is 0 Å². The largest absolute Gasteiger partial charge is 0.202 e. The van der Waals surface area contributed by atoms with Crippen LogP contribution in [0.1, 0.15) is 0 Å². The van der Waals surface area contributed by atoms with Crippen LogP contribution >= 0.6 is 67.8 Å². The molecule has 11 heavy (non-hydrogen) atoms. The molecule has 0 aromatic carbocycles. The van der Waals surface area contributed by atoms with Crippen molar-refractivity contribution in [1.82, 2.24) is 20.2 Å². The lowest BCUT2D eigenvalue weighted by Crippen LogP contribution is -2.19. The number of allylic oxidation sites excluding steroid dienone is 1. The summed E-state index contributed by atoms with van der Waals surface area (Å²) in [4.78, 5) is 0. The van der Waals surface area contributed by atoms with Crippen LogP contribution in [0.25, 0.3) is 0 Å². The summed E-state index contributed by atoms with van der Waals surface area (Å²) in [7, 11) is 0. The van der Waals surface area contributed by atoms with Gasteiger partial charge in [-0.1, -0.05) is 6.58 Å². The monoisotopic (exact) mass is 488 g/mol. The molecule has 4 nitrogen and oxygen atoms in total. The summed E-state index contributed by atoms with van der Waals surface area (Å²) in [6.07, 6.45) is 1.57. The van der Waals surface area contributed by atoms with Gasteiger partial charge in [-0.3, -0.25) is 0 Å². The molecule has 1 heterocycles. The Bertz CT molecular complexity index is 254. The van der Waals surface area contributed by atoms with Crippen molar-refractivity contribution in [1.29, 1.82) is 0 Å². The molecule has 0 atom stereocenters. The summed E-state index contributed by atoms with van der Waals surface area (Å²) in [5, 5.41) is 10.9. The summed E-state index contributed by atoms with van der Waals surface area (Å²) < 4.78 is 2.37. The first-order valence-electron chi connectivity index (χ1n) is 2.51. The van der Waals surface area contributed by atoms with Crippen molar-refractivity contribution in [3.8, 4) is 0 Å². The van der Waals surface area contributed by atoms with Gasteiger partial charge >= 0.3 is 0 Å². The highest BCUT2D eigenvalue weighted by molar-refractivity contribution is 14.2. The van der Waals surface area contributed by atoms with Crippen molar-refractivity contribution < 1.29 is 0 Å². The van der Waals surface area contributed by atoms with Crippen molar-refractivity contribution in [2.75, 3.05) is 0 Å². The second-order valence-electron chi connectivity index (χ2n) is 1.70. The predicted molar refractivity (Wildman–Crippen MR) is 67.0 cm³/mol. The van der Waals surface area contributed by atoms with Crippen molar-refractivity contribution in [3.63, 3.8) is 0 Å². The van der Waals surface area contributed by atoms with Gasteiger partial charge in [0.15, 0.2) is 1.55 Å². The van der Waals surface area contributed by atoms with E-state index in [1.807, 2.05) is 0 Å². The third-order valence-corrected chi connectivity index (χ3v) is 6.10. The second kappa shape index (κ2) is 3.81. The van der Waals surface area contributed by atoms with Crippen LogP contribution in [0.3, 0.4) is 0 Å². The Hall–Kier alpha value is 1.00. The van der Waals surface area contributed by atoms with Crippen LogP contribution in [-0.2, 0) is 1.55 Å². The van der Waals surface area contributed by atoms with Crippen LogP contribution in [0.4, 0.5) is 0 Å². The molecule has 0 unspecified atom stereocenters. The van der Waals surface area contributed by atoms with Gasteiger partial charge in [0.25, 0.3) is 0 Å². The van der Waals surface area contributed by atoms with E-state index in [9.17, 15) is 0 Å². The summed E-state index contributed by atoms with van der Waals surface area (Å²) in [6, 6.07) is 0. The maximum atomic E-state index is 3.84. The van der Waals surface area contributed by atoms with Crippen LogP contribution in [0, 0.1) is 0 Å². The average molecular weight is 488 g/mol. The van der Waals surface area contributed by atoms with Crippen molar-refractivity contribution in [3.05, 3.63) is 16.5 Å². The molecule has 0 N–H and O–H groups in total. The first-order valence-corrected chi connectivity index (χ1v) is 5.75. The molecule has 1 rings (SSSR count). The molecule has 0 aliphatic rings. The Labute approximate surface area is 105 Å². The average Bonchev–Trinajstić information content (AvgIpc) is 2.37. The van der Waals surface area contributed by atoms with Crippen molar-refractivity contribution in [2.24, 2.45) is 0 Å². The minimum atomic E-state index is -0.264. The molecule has 0 aliphatic carbocycles. The normalized spacial score (nSPS) is 11.5. The fraction of sp³-hybridized carbons (Fsp3) is 0.250. The third-order valence-electron chi connectivity index (χ3n) is 0.963. The molecule has 0 saturated carbocycles. The quantitative estimate of drug-likeness (QED) is 0.474. The number of rotatable bonds is 2. The molecular formula is C4H3I3N4. The van der Waals surface area contributed by atoms with E-state index in [-0.39, 0.29) is 1.55 Å². The molecular weight excluding hydrogens is 485 g/mol. The van der Waals surface area contributed by atoms with E-state index in [1.165, 1.54) is 0 Å². The summed E-state index contributed by atoms with van der Waals surface area (Å²) in [6.45, 7) is 3.84. The number of aromatic nitrogens is 4. The molecule has 0 saturated heterocycles. The van der Waals surface area contributed by atoms with Gasteiger partial charge in [0, 0.05) is 3.58 Å². The Balaban J connectivity index is 3.00. The van der Waals surface area contributed by atoms with Gasteiger partial charge < -0.3 is 0 Å². The lowest BCUT2D eigenvalue weighted by molar-refractivity contribution is 0.646. The van der Waals surface area contributed by atoms with E-state index in [2.05, 4.69) is 89.9 Å². The van der Waals surface area contributed by atoms with Crippen LogP contribution in [-0.4, -0.2) is 20.2 Å². The van der Waals surface area contributed by atoms with Crippen LogP contribution in [0.2, 0.25) is 0 Å². The molecule has 60 valence electrons. The molecule has 0 bridgehead atoms. The molecule has 0 fully saturated rings. The minimum Gasteiger partial charge on any atom is -0.202 e. The highest BCUT2D eigenvalue weighted by atomic mass is 127. The third kappa shape index (κ3) is 2.23. The number of halogens is 3. The first-order chi connectivity index (χ1) is 5.05. The number of nitrogens with zero attached hydrogens (tertiary/aromatic N) is 4. The number of alkyl halides is 2. The number of tetrazole rings is 1. The topological polar surface area (TPSA) is 43.6 Å². The van der Waals surface area contributed by atoms with Crippen LogP contribution in [0.15, 0.2) is 16.5 Å². The van der Waals surface area contributed by atoms with Gasteiger partial charge in [0.2, 0.25) is 0 Å². The van der Waals surface area contributed by atoms with Gasteiger partial charge in [0.1, 0.15) is 6.33 Å². The molecule has 0 aliphatic heterocycles. The zero-order valence-electron chi connectivity index (χ0n) is 5.21. The fourth-order valence-corrected chi connectivity index (χ4v) is 1.10. The highest BCUT2D eigenvalue weighted by Gasteiger charge is 2.28. The summed E-state index contributed by atoms with van der Waals surface area (Å²) >= 11 is 6.62. The predicted octanol–water partition coefficient (Wildman–Crippen LogP) is 2.10. The van der Waals surface area contributed by atoms with Gasteiger partial charge in [-0.2, -0.15) is 0 Å². The Morgan fingerprint density at radius 2 is 2.18 bits per heavy atom. The van der Waals surface area contributed by atoms with Gasteiger partial charge in [-0.05, 0) is 78.2 Å². The Morgan fingerprint density at radius 1 is 1.55 bits per heavy atom. The van der Waals surface area contributed by atoms with E-state index >= 15 is 0 Å². The SMILES string of the molecule is C=C(I)C(I)(I)n1cnnn1. The fourth-order valence-electron chi connectivity index (χ4n) is 0.414. The smallest absolute Gasteiger partial charge is 0.197 e. The van der Waals surface area contributed by atoms with Crippen molar-refractivity contribution >= 4 is 67.8 Å². The molecule has 1 aromatic rings. The van der Waals surface area contributed by atoms with Gasteiger partial charge in [-0.25, -0.2) is 4.68 Å². The second-order valence-corrected chi connectivity index (χ2v) is 8.19. The standard InChI is InChI=1S/C4H3I3N4/c1-3(5)4(6,7)11-2-8-9-10-11/h2H,1H2. The Kier molecular flexibility index (Phi) is 3.49. The van der Waals surface area contributed by atoms with Gasteiger partial charge in [0.05, 0.1) is 0 Å². The van der Waals surface area contributed by atoms with Crippen LogP contribution in [0.5, 0.6) is 0 Å². The van der Waals surface area contributed by atoms with Crippen molar-refractivity contribution in [2.45, 2.75) is 1.55 Å². The van der Waals surface area contributed by atoms with E-state index in [1.54, 1.807) is 11.0 Å². The maximum Gasteiger partial charge on any atom is 0.197 e. The molecule has 0 spiro atoms. The number of hydrogen-bond donors (Lipinski definition) is 0. The van der Waals surface area contributed by atoms with Gasteiger partial charge in [-0.15, -0.1) is 5.10 Å². The molecule has 0 radical (unpaired) electrons. The van der Waals surface area contributed by atoms with E-state index in [0.717, 1.165) is 3.58 Å². The molecule has 1 aromatic heterocycles. The van der Waals surface area contributed by atoms with E-state index < -0.39 is 0 Å². The highest BCUT2D eigenvalue weighted by Crippen LogP contribution is 2.42. The zero-order chi connectivity index (χ0) is 8.48. The number of hydrogen-bond acceptors (Lipinski definition) is 3. The lowest BCUT2D eigenvalue weighted by atomic mass is 10.6. The Morgan fingerprint density at radius 3 is 2.55 bits per heavy atom.